The van der Waals surface area contributed by atoms with Gasteiger partial charge in [0.1, 0.15) is 6.61 Å². The van der Waals surface area contributed by atoms with E-state index in [9.17, 15) is 4.79 Å². The van der Waals surface area contributed by atoms with Gasteiger partial charge in [-0.1, -0.05) is 12.1 Å². The maximum Gasteiger partial charge on any atom is 0.273 e. The Morgan fingerprint density at radius 1 is 1.75 bits per heavy atom. The van der Waals surface area contributed by atoms with E-state index in [2.05, 4.69) is 10.5 Å². The minimum atomic E-state index is -0.279. The number of hydrogen-bond acceptors (Lipinski definition) is 4. The number of carbonyl (C=O) groups excluding carboxylic acids is 1. The summed E-state index contributed by atoms with van der Waals surface area (Å²) in [6.07, 6.45) is 0.776. The molecule has 1 rings (SSSR count). The number of hydrogen-bond donors (Lipinski definition) is 1. The average molecular weight is 247 g/mol. The molecule has 1 N–H and O–H groups in total. The predicted molar refractivity (Wildman–Crippen MR) is 59.5 cm³/mol. The van der Waals surface area contributed by atoms with Crippen molar-refractivity contribution < 1.29 is 14.1 Å². The Morgan fingerprint density at radius 3 is 3.06 bits per heavy atom. The lowest BCUT2D eigenvalue weighted by Gasteiger charge is -2.11. The lowest BCUT2D eigenvalue weighted by Crippen LogP contribution is -2.35. The molecule has 1 aromatic rings. The fourth-order valence-electron chi connectivity index (χ4n) is 1.14. The van der Waals surface area contributed by atoms with E-state index in [4.69, 9.17) is 20.9 Å². The summed E-state index contributed by atoms with van der Waals surface area (Å²) in [6.45, 7) is 2.25. The summed E-state index contributed by atoms with van der Waals surface area (Å²) >= 11 is 5.68. The van der Waals surface area contributed by atoms with Crippen LogP contribution in [0.15, 0.2) is 10.6 Å². The second-order valence-corrected chi connectivity index (χ2v) is 3.65. The predicted octanol–water partition coefficient (Wildman–Crippen LogP) is 1.57. The van der Waals surface area contributed by atoms with Crippen LogP contribution in [-0.4, -0.2) is 30.1 Å². The lowest BCUT2D eigenvalue weighted by molar-refractivity contribution is 0.0930. The van der Waals surface area contributed by atoms with Crippen molar-refractivity contribution in [2.45, 2.75) is 26.0 Å². The van der Waals surface area contributed by atoms with Crippen molar-refractivity contribution in [3.63, 3.8) is 0 Å². The van der Waals surface area contributed by atoms with Crippen LogP contribution in [0.2, 0.25) is 0 Å². The first-order chi connectivity index (χ1) is 7.71. The summed E-state index contributed by atoms with van der Waals surface area (Å²) in [4.78, 5) is 11.7. The van der Waals surface area contributed by atoms with E-state index in [0.29, 0.717) is 18.2 Å². The van der Waals surface area contributed by atoms with E-state index in [-0.39, 0.29) is 17.6 Å². The van der Waals surface area contributed by atoms with Crippen LogP contribution in [0.1, 0.15) is 29.6 Å². The summed E-state index contributed by atoms with van der Waals surface area (Å²) in [6, 6.07) is 1.51. The number of halogens is 1. The third-order valence-electron chi connectivity index (χ3n) is 2.09. The van der Waals surface area contributed by atoms with Crippen LogP contribution >= 0.6 is 11.6 Å². The monoisotopic (exact) mass is 246 g/mol. The van der Waals surface area contributed by atoms with Crippen molar-refractivity contribution in [1.82, 2.24) is 10.5 Å². The minimum Gasteiger partial charge on any atom is -0.377 e. The summed E-state index contributed by atoms with van der Waals surface area (Å²) in [5.41, 5.74) is 0.246. The highest BCUT2D eigenvalue weighted by molar-refractivity contribution is 6.18. The number of ether oxygens (including phenoxy) is 1. The summed E-state index contributed by atoms with van der Waals surface area (Å²) in [5, 5.41) is 6.40. The van der Waals surface area contributed by atoms with Crippen LogP contribution < -0.4 is 5.32 Å². The highest BCUT2D eigenvalue weighted by Crippen LogP contribution is 2.05. The van der Waals surface area contributed by atoms with Gasteiger partial charge in [-0.05, 0) is 6.42 Å². The molecule has 1 unspecified atom stereocenters. The molecule has 0 aromatic carbocycles. The van der Waals surface area contributed by atoms with Gasteiger partial charge in [-0.15, -0.1) is 11.6 Å². The van der Waals surface area contributed by atoms with Crippen LogP contribution in [0.3, 0.4) is 0 Å². The maximum absolute atomic E-state index is 11.7. The zero-order chi connectivity index (χ0) is 12.0. The SMILES string of the molecule is CCC(CCl)NC(=O)c1cc(COC)on1. The molecule has 0 spiro atoms. The summed E-state index contributed by atoms with van der Waals surface area (Å²) in [7, 11) is 1.54. The van der Waals surface area contributed by atoms with Crippen LogP contribution in [0.5, 0.6) is 0 Å². The van der Waals surface area contributed by atoms with Gasteiger partial charge in [0.25, 0.3) is 5.91 Å². The van der Waals surface area contributed by atoms with Gasteiger partial charge in [-0.2, -0.15) is 0 Å². The van der Waals surface area contributed by atoms with E-state index in [1.165, 1.54) is 0 Å². The van der Waals surface area contributed by atoms with E-state index >= 15 is 0 Å². The number of carbonyl (C=O) groups is 1. The molecule has 1 amide bonds. The number of methoxy groups -OCH3 is 1. The third kappa shape index (κ3) is 3.50. The largest absolute Gasteiger partial charge is 0.377 e. The number of rotatable bonds is 6. The number of alkyl halides is 1. The number of nitrogens with one attached hydrogen (secondary N) is 1. The first kappa shape index (κ1) is 13.0. The topological polar surface area (TPSA) is 64.4 Å². The summed E-state index contributed by atoms with van der Waals surface area (Å²) in [5.74, 6) is 0.621. The second-order valence-electron chi connectivity index (χ2n) is 3.34. The molecule has 1 heterocycles. The molecular weight excluding hydrogens is 232 g/mol. The molecule has 0 aliphatic rings. The molecule has 1 atom stereocenters. The number of nitrogens with zero attached hydrogens (tertiary/aromatic N) is 1. The van der Waals surface area contributed by atoms with Gasteiger partial charge in [-0.25, -0.2) is 0 Å². The van der Waals surface area contributed by atoms with Crippen molar-refractivity contribution in [3.05, 3.63) is 17.5 Å². The zero-order valence-corrected chi connectivity index (χ0v) is 10.1. The Morgan fingerprint density at radius 2 is 2.50 bits per heavy atom. The fourth-order valence-corrected chi connectivity index (χ4v) is 1.43. The van der Waals surface area contributed by atoms with Crippen molar-refractivity contribution in [2.24, 2.45) is 0 Å². The molecule has 1 aromatic heterocycles. The normalized spacial score (nSPS) is 12.4. The number of aromatic nitrogens is 1. The van der Waals surface area contributed by atoms with E-state index < -0.39 is 0 Å². The van der Waals surface area contributed by atoms with Gasteiger partial charge in [0.05, 0.1) is 0 Å². The zero-order valence-electron chi connectivity index (χ0n) is 9.33. The summed E-state index contributed by atoms with van der Waals surface area (Å²) < 4.78 is 9.76. The third-order valence-corrected chi connectivity index (χ3v) is 2.46. The Bertz CT molecular complexity index is 337. The molecule has 0 saturated heterocycles. The fraction of sp³-hybridized carbons (Fsp3) is 0.600. The highest BCUT2D eigenvalue weighted by Gasteiger charge is 2.15. The van der Waals surface area contributed by atoms with Crippen LogP contribution in [0.25, 0.3) is 0 Å². The standard InChI is InChI=1S/C10H15ClN2O3/c1-3-7(5-11)12-10(14)9-4-8(6-15-2)16-13-9/h4,7H,3,5-6H2,1-2H3,(H,12,14). The Kier molecular flexibility index (Phi) is 5.28. The minimum absolute atomic E-state index is 0.0447. The molecule has 0 radical (unpaired) electrons. The van der Waals surface area contributed by atoms with Crippen molar-refractivity contribution in [1.29, 1.82) is 0 Å². The van der Waals surface area contributed by atoms with Crippen molar-refractivity contribution in [3.8, 4) is 0 Å². The van der Waals surface area contributed by atoms with Crippen molar-refractivity contribution >= 4 is 17.5 Å². The van der Waals surface area contributed by atoms with Gasteiger partial charge < -0.3 is 14.6 Å². The molecule has 5 nitrogen and oxygen atoms in total. The second kappa shape index (κ2) is 6.50. The van der Waals surface area contributed by atoms with Gasteiger partial charge in [0, 0.05) is 25.1 Å². The average Bonchev–Trinajstić information content (AvgIpc) is 2.74. The Hall–Kier alpha value is -1.07. The van der Waals surface area contributed by atoms with Gasteiger partial charge in [0.15, 0.2) is 11.5 Å². The highest BCUT2D eigenvalue weighted by atomic mass is 35.5. The van der Waals surface area contributed by atoms with Gasteiger partial charge >= 0.3 is 0 Å². The van der Waals surface area contributed by atoms with Crippen molar-refractivity contribution in [2.75, 3.05) is 13.0 Å². The van der Waals surface area contributed by atoms with Crippen LogP contribution in [0, 0.1) is 0 Å². The smallest absolute Gasteiger partial charge is 0.273 e. The molecule has 6 heteroatoms. The first-order valence-electron chi connectivity index (χ1n) is 5.02. The molecule has 0 bridgehead atoms. The molecule has 0 aliphatic heterocycles. The number of amides is 1. The van der Waals surface area contributed by atoms with Gasteiger partial charge in [0.2, 0.25) is 0 Å². The molecular formula is C10H15ClN2O3. The van der Waals surface area contributed by atoms with Crippen LogP contribution in [0.4, 0.5) is 0 Å². The molecule has 0 aliphatic carbocycles. The van der Waals surface area contributed by atoms with Crippen LogP contribution in [-0.2, 0) is 11.3 Å². The van der Waals surface area contributed by atoms with E-state index in [0.717, 1.165) is 6.42 Å². The maximum atomic E-state index is 11.7. The first-order valence-corrected chi connectivity index (χ1v) is 5.56. The van der Waals surface area contributed by atoms with Gasteiger partial charge in [-0.3, -0.25) is 4.79 Å². The lowest BCUT2D eigenvalue weighted by atomic mass is 10.2. The molecule has 0 saturated carbocycles. The Labute approximate surface area is 99.1 Å². The molecule has 90 valence electrons. The van der Waals surface area contributed by atoms with E-state index in [1.807, 2.05) is 6.92 Å². The quantitative estimate of drug-likeness (QED) is 0.774. The van der Waals surface area contributed by atoms with E-state index in [1.54, 1.807) is 13.2 Å². The molecule has 16 heavy (non-hydrogen) atoms. The Balaban J connectivity index is 2.58. The molecule has 0 fully saturated rings.